The Hall–Kier alpha value is -4.83. The molecule has 0 bridgehead atoms. The van der Waals surface area contributed by atoms with Crippen LogP contribution in [0.25, 0.3) is 33.4 Å². The van der Waals surface area contributed by atoms with Gasteiger partial charge in [-0.2, -0.15) is 0 Å². The molecule has 46 heavy (non-hydrogen) atoms. The van der Waals surface area contributed by atoms with E-state index >= 15 is 0 Å². The first-order valence-corrected chi connectivity index (χ1v) is 16.4. The SMILES string of the molecule is CC1(C)c2cc(-c3cccnc3)cc3c2B2c4c1cc(-c1cccnc1)cc4C(C)(C)c1cc(-c4cccnc4)cc(c12)C3(C)C. The zero-order chi connectivity index (χ0) is 31.6. The topological polar surface area (TPSA) is 38.7 Å². The molecule has 3 aromatic carbocycles. The highest BCUT2D eigenvalue weighted by Gasteiger charge is 2.54. The highest BCUT2D eigenvalue weighted by atomic mass is 14.6. The van der Waals surface area contributed by atoms with Gasteiger partial charge in [0.05, 0.1) is 0 Å². The molecule has 222 valence electrons. The number of pyridine rings is 3. The molecule has 0 fully saturated rings. The zero-order valence-electron chi connectivity index (χ0n) is 27.3. The van der Waals surface area contributed by atoms with Crippen molar-refractivity contribution in [2.75, 3.05) is 0 Å². The predicted octanol–water partition coefficient (Wildman–Crippen LogP) is 7.31. The van der Waals surface area contributed by atoms with Crippen molar-refractivity contribution in [2.24, 2.45) is 0 Å². The summed E-state index contributed by atoms with van der Waals surface area (Å²) in [6.45, 7) is 14.8. The minimum Gasteiger partial charge on any atom is -0.264 e. The van der Waals surface area contributed by atoms with Crippen LogP contribution in [0.15, 0.2) is 110 Å². The summed E-state index contributed by atoms with van der Waals surface area (Å²) < 4.78 is 0. The second-order valence-electron chi connectivity index (χ2n) is 15.0. The van der Waals surface area contributed by atoms with Gasteiger partial charge in [0, 0.05) is 70.1 Å². The Bertz CT molecular complexity index is 1880. The molecule has 0 saturated heterocycles. The maximum Gasteiger partial charge on any atom is 0.243 e. The molecule has 0 N–H and O–H groups in total. The summed E-state index contributed by atoms with van der Waals surface area (Å²) >= 11 is 0. The van der Waals surface area contributed by atoms with Gasteiger partial charge in [0.25, 0.3) is 0 Å². The molecular weight excluding hydrogens is 557 g/mol. The number of nitrogens with zero attached hydrogens (tertiary/aromatic N) is 3. The Kier molecular flexibility index (Phi) is 5.45. The lowest BCUT2D eigenvalue weighted by molar-refractivity contribution is 0.600. The molecular formula is C42H36BN3. The van der Waals surface area contributed by atoms with Gasteiger partial charge in [0.1, 0.15) is 0 Å². The first-order valence-electron chi connectivity index (χ1n) is 16.4. The molecule has 3 nitrogen and oxygen atoms in total. The maximum absolute atomic E-state index is 4.52. The van der Waals surface area contributed by atoms with Gasteiger partial charge in [-0.25, -0.2) is 0 Å². The molecule has 9 rings (SSSR count). The summed E-state index contributed by atoms with van der Waals surface area (Å²) in [5.74, 6) is 0. The number of rotatable bonds is 3. The van der Waals surface area contributed by atoms with Crippen LogP contribution in [0.4, 0.5) is 0 Å². The van der Waals surface area contributed by atoms with E-state index in [9.17, 15) is 0 Å². The molecule has 0 aliphatic carbocycles. The Labute approximate surface area is 271 Å². The molecule has 4 heteroatoms. The number of benzene rings is 3. The van der Waals surface area contributed by atoms with Crippen molar-refractivity contribution in [1.82, 2.24) is 15.0 Å². The van der Waals surface area contributed by atoms with E-state index in [1.54, 1.807) is 0 Å². The van der Waals surface area contributed by atoms with Crippen LogP contribution in [-0.4, -0.2) is 21.7 Å². The molecule has 0 spiro atoms. The van der Waals surface area contributed by atoms with Crippen molar-refractivity contribution in [3.05, 3.63) is 143 Å². The van der Waals surface area contributed by atoms with Gasteiger partial charge in [0.15, 0.2) is 0 Å². The van der Waals surface area contributed by atoms with Gasteiger partial charge in [-0.1, -0.05) is 113 Å². The van der Waals surface area contributed by atoms with Crippen LogP contribution in [0.5, 0.6) is 0 Å². The Morgan fingerprint density at radius 3 is 0.870 bits per heavy atom. The third kappa shape index (κ3) is 3.53. The summed E-state index contributed by atoms with van der Waals surface area (Å²) in [4.78, 5) is 13.5. The Morgan fingerprint density at radius 2 is 0.652 bits per heavy atom. The molecule has 0 amide bonds. The normalized spacial score (nSPS) is 17.0. The van der Waals surface area contributed by atoms with Crippen LogP contribution >= 0.6 is 0 Å². The summed E-state index contributed by atoms with van der Waals surface area (Å²) in [6.07, 6.45) is 11.6. The molecule has 0 saturated carbocycles. The summed E-state index contributed by atoms with van der Waals surface area (Å²) in [5, 5.41) is 0. The molecule has 6 aromatic rings. The van der Waals surface area contributed by atoms with E-state index in [4.69, 9.17) is 0 Å². The van der Waals surface area contributed by atoms with E-state index in [0.717, 1.165) is 16.7 Å². The van der Waals surface area contributed by atoms with Crippen LogP contribution in [-0.2, 0) is 16.2 Å². The highest BCUT2D eigenvalue weighted by Crippen LogP contribution is 2.49. The Morgan fingerprint density at radius 1 is 0.391 bits per heavy atom. The fraction of sp³-hybridized carbons (Fsp3) is 0.214. The van der Waals surface area contributed by atoms with Crippen molar-refractivity contribution < 1.29 is 0 Å². The standard InChI is InChI=1S/C42H36BN3/c1-40(2)31-16-28(25-10-7-13-44-22-25)18-33-37(31)43-38-32(40)17-29(26-11-8-14-45-23-26)19-34(38)42(5,6)36-21-30(27-12-9-15-46-24-27)20-35(39(36)43)41(33,3)4/h7-24H,1-6H3. The van der Waals surface area contributed by atoms with Crippen LogP contribution in [0.3, 0.4) is 0 Å². The summed E-state index contributed by atoms with van der Waals surface area (Å²) in [5.41, 5.74) is 19.6. The van der Waals surface area contributed by atoms with E-state index in [2.05, 4.69) is 111 Å². The van der Waals surface area contributed by atoms with Crippen LogP contribution in [0.1, 0.15) is 74.9 Å². The fourth-order valence-corrected chi connectivity index (χ4v) is 8.96. The lowest BCUT2D eigenvalue weighted by atomic mass is 9.23. The first-order chi connectivity index (χ1) is 22.1. The van der Waals surface area contributed by atoms with E-state index in [0.29, 0.717) is 0 Å². The van der Waals surface area contributed by atoms with Gasteiger partial charge in [0.2, 0.25) is 6.71 Å². The monoisotopic (exact) mass is 593 g/mol. The largest absolute Gasteiger partial charge is 0.264 e. The minimum absolute atomic E-state index is 0.183. The number of hydrogen-bond donors (Lipinski definition) is 0. The number of hydrogen-bond acceptors (Lipinski definition) is 3. The van der Waals surface area contributed by atoms with Gasteiger partial charge < -0.3 is 0 Å². The quantitative estimate of drug-likeness (QED) is 0.202. The van der Waals surface area contributed by atoms with E-state index in [-0.39, 0.29) is 23.0 Å². The second kappa shape index (κ2) is 9.13. The second-order valence-corrected chi connectivity index (χ2v) is 15.0. The average Bonchev–Trinajstić information content (AvgIpc) is 3.08. The van der Waals surface area contributed by atoms with Crippen molar-refractivity contribution >= 4 is 23.1 Å². The van der Waals surface area contributed by atoms with Gasteiger partial charge in [-0.3, -0.25) is 15.0 Å². The number of aromatic nitrogens is 3. The van der Waals surface area contributed by atoms with Crippen LogP contribution in [0.2, 0.25) is 0 Å². The fourth-order valence-electron chi connectivity index (χ4n) is 8.96. The average molecular weight is 594 g/mol. The van der Waals surface area contributed by atoms with Crippen LogP contribution < -0.4 is 16.4 Å². The minimum atomic E-state index is -0.210. The smallest absolute Gasteiger partial charge is 0.243 e. The van der Waals surface area contributed by atoms with E-state index in [1.165, 1.54) is 66.5 Å². The maximum atomic E-state index is 4.52. The summed E-state index contributed by atoms with van der Waals surface area (Å²) in [6, 6.07) is 27.5. The molecule has 0 unspecified atom stereocenters. The molecule has 3 aliphatic rings. The van der Waals surface area contributed by atoms with Crippen LogP contribution in [0, 0.1) is 0 Å². The Balaban J connectivity index is 1.45. The van der Waals surface area contributed by atoms with Crippen molar-refractivity contribution in [2.45, 2.75) is 57.8 Å². The van der Waals surface area contributed by atoms with Gasteiger partial charge >= 0.3 is 0 Å². The molecule has 3 aliphatic heterocycles. The van der Waals surface area contributed by atoms with Crippen molar-refractivity contribution in [3.63, 3.8) is 0 Å². The lowest BCUT2D eigenvalue weighted by Gasteiger charge is -2.53. The van der Waals surface area contributed by atoms with E-state index in [1.807, 2.05) is 55.4 Å². The molecule has 3 aromatic heterocycles. The third-order valence-corrected chi connectivity index (χ3v) is 11.4. The van der Waals surface area contributed by atoms with Gasteiger partial charge in [-0.15, -0.1) is 0 Å². The van der Waals surface area contributed by atoms with E-state index < -0.39 is 0 Å². The van der Waals surface area contributed by atoms with Crippen molar-refractivity contribution in [3.8, 4) is 33.4 Å². The lowest BCUT2D eigenvalue weighted by Crippen LogP contribution is -2.71. The molecule has 6 heterocycles. The zero-order valence-corrected chi connectivity index (χ0v) is 27.3. The first kappa shape index (κ1) is 27.5. The molecule has 0 atom stereocenters. The van der Waals surface area contributed by atoms with Crippen molar-refractivity contribution in [1.29, 1.82) is 0 Å². The summed E-state index contributed by atoms with van der Waals surface area (Å²) in [7, 11) is 0. The van der Waals surface area contributed by atoms with Gasteiger partial charge in [-0.05, 0) is 68.3 Å². The predicted molar refractivity (Wildman–Crippen MR) is 190 cm³/mol. The highest BCUT2D eigenvalue weighted by molar-refractivity contribution is 6.98. The molecule has 0 radical (unpaired) electrons. The third-order valence-electron chi connectivity index (χ3n) is 11.4.